The van der Waals surface area contributed by atoms with Gasteiger partial charge in [-0.2, -0.15) is 0 Å². The average molecular weight is 125 g/mol. The maximum Gasteiger partial charge on any atom is 0.250 e. The Bertz CT molecular complexity index is 242. The van der Waals surface area contributed by atoms with Crippen molar-refractivity contribution in [3.05, 3.63) is 28.4 Å². The molecule has 0 unspecified atom stereocenters. The molecule has 0 aromatic carbocycles. The number of H-pyrrole nitrogens is 1. The van der Waals surface area contributed by atoms with Crippen LogP contribution in [0.1, 0.15) is 5.82 Å². The van der Waals surface area contributed by atoms with Gasteiger partial charge in [0.1, 0.15) is 5.82 Å². The second kappa shape index (κ2) is 2.41. The highest BCUT2D eigenvalue weighted by Crippen LogP contribution is 1.76. The third kappa shape index (κ3) is 1.36. The van der Waals surface area contributed by atoms with Crippen molar-refractivity contribution in [2.24, 2.45) is 5.73 Å². The minimum Gasteiger partial charge on any atom is -0.324 e. The van der Waals surface area contributed by atoms with E-state index in [0.29, 0.717) is 5.82 Å². The summed E-state index contributed by atoms with van der Waals surface area (Å²) in [4.78, 5) is 16.7. The number of nitrogens with one attached hydrogen (secondary N) is 1. The first-order chi connectivity index (χ1) is 4.33. The van der Waals surface area contributed by atoms with Gasteiger partial charge in [-0.15, -0.1) is 0 Å². The molecule has 9 heavy (non-hydrogen) atoms. The fourth-order valence-corrected chi connectivity index (χ4v) is 0.515. The van der Waals surface area contributed by atoms with Gasteiger partial charge in [-0.25, -0.2) is 4.98 Å². The molecular weight excluding hydrogens is 118 g/mol. The summed E-state index contributed by atoms with van der Waals surface area (Å²) >= 11 is 0. The molecule has 1 rings (SSSR count). The van der Waals surface area contributed by atoms with Crippen LogP contribution in [0.15, 0.2) is 17.1 Å². The van der Waals surface area contributed by atoms with Crippen LogP contribution in [0.4, 0.5) is 0 Å². The Balaban J connectivity index is 3.08. The Morgan fingerprint density at radius 2 is 2.56 bits per heavy atom. The molecule has 0 atom stereocenters. The predicted octanol–water partition coefficient (Wildman–Crippen LogP) is -0.771. The van der Waals surface area contributed by atoms with E-state index in [1.165, 1.54) is 12.3 Å². The van der Waals surface area contributed by atoms with Crippen LogP contribution in [0.3, 0.4) is 0 Å². The minimum absolute atomic E-state index is 0.162. The van der Waals surface area contributed by atoms with Crippen molar-refractivity contribution in [2.45, 2.75) is 6.54 Å². The lowest BCUT2D eigenvalue weighted by Gasteiger charge is -1.90. The first-order valence-electron chi connectivity index (χ1n) is 2.57. The zero-order chi connectivity index (χ0) is 6.69. The number of rotatable bonds is 1. The topological polar surface area (TPSA) is 71.8 Å². The lowest BCUT2D eigenvalue weighted by atomic mass is 10.5. The van der Waals surface area contributed by atoms with E-state index in [4.69, 9.17) is 5.73 Å². The summed E-state index contributed by atoms with van der Waals surface area (Å²) in [6.45, 7) is 0.274. The van der Waals surface area contributed by atoms with Crippen molar-refractivity contribution in [3.8, 4) is 0 Å². The molecule has 0 aliphatic rings. The second-order valence-electron chi connectivity index (χ2n) is 1.58. The van der Waals surface area contributed by atoms with Crippen molar-refractivity contribution in [1.82, 2.24) is 9.97 Å². The van der Waals surface area contributed by atoms with Gasteiger partial charge in [-0.1, -0.05) is 0 Å². The van der Waals surface area contributed by atoms with Crippen molar-refractivity contribution < 1.29 is 0 Å². The van der Waals surface area contributed by atoms with Crippen molar-refractivity contribution in [2.75, 3.05) is 0 Å². The zero-order valence-electron chi connectivity index (χ0n) is 4.79. The lowest BCUT2D eigenvalue weighted by Crippen LogP contribution is -2.11. The largest absolute Gasteiger partial charge is 0.324 e. The molecule has 1 heterocycles. The first-order valence-corrected chi connectivity index (χ1v) is 2.57. The molecular formula is C5H7N3O. The monoisotopic (exact) mass is 125 g/mol. The van der Waals surface area contributed by atoms with E-state index in [0.717, 1.165) is 0 Å². The molecule has 3 N–H and O–H groups in total. The highest BCUT2D eigenvalue weighted by atomic mass is 16.1. The molecule has 48 valence electrons. The summed E-state index contributed by atoms with van der Waals surface area (Å²) in [7, 11) is 0. The van der Waals surface area contributed by atoms with Gasteiger partial charge in [0.05, 0.1) is 6.54 Å². The molecule has 4 heteroatoms. The Morgan fingerprint density at radius 3 is 3.00 bits per heavy atom. The quantitative estimate of drug-likeness (QED) is 0.517. The molecule has 4 nitrogen and oxygen atoms in total. The van der Waals surface area contributed by atoms with E-state index >= 15 is 0 Å². The molecule has 0 radical (unpaired) electrons. The number of hydrogen-bond acceptors (Lipinski definition) is 3. The highest BCUT2D eigenvalue weighted by Gasteiger charge is 1.86. The van der Waals surface area contributed by atoms with Crippen molar-refractivity contribution in [1.29, 1.82) is 0 Å². The van der Waals surface area contributed by atoms with E-state index in [1.54, 1.807) is 0 Å². The lowest BCUT2D eigenvalue weighted by molar-refractivity contribution is 0.893. The minimum atomic E-state index is -0.162. The van der Waals surface area contributed by atoms with Crippen LogP contribution in [0, 0.1) is 0 Å². The number of nitrogens with zero attached hydrogens (tertiary/aromatic N) is 1. The molecule has 0 saturated heterocycles. The second-order valence-corrected chi connectivity index (χ2v) is 1.58. The van der Waals surface area contributed by atoms with Gasteiger partial charge >= 0.3 is 0 Å². The van der Waals surface area contributed by atoms with Gasteiger partial charge in [0.25, 0.3) is 5.56 Å². The first kappa shape index (κ1) is 5.97. The molecule has 0 amide bonds. The summed E-state index contributed by atoms with van der Waals surface area (Å²) in [5.74, 6) is 0.516. The predicted molar refractivity (Wildman–Crippen MR) is 32.7 cm³/mol. The third-order valence-electron chi connectivity index (χ3n) is 0.917. The van der Waals surface area contributed by atoms with Crippen LogP contribution in [0.25, 0.3) is 0 Å². The smallest absolute Gasteiger partial charge is 0.250 e. The molecule has 0 saturated carbocycles. The Labute approximate surface area is 51.7 Å². The van der Waals surface area contributed by atoms with Gasteiger partial charge in [0, 0.05) is 12.3 Å². The van der Waals surface area contributed by atoms with Crippen LogP contribution in [-0.2, 0) is 6.54 Å². The molecule has 0 aliphatic carbocycles. The summed E-state index contributed by atoms with van der Waals surface area (Å²) in [5.41, 5.74) is 5.02. The summed E-state index contributed by atoms with van der Waals surface area (Å²) in [5, 5.41) is 0. The number of hydrogen-bond donors (Lipinski definition) is 2. The SMILES string of the molecule is NCc1nccc(=O)[nH]1. The van der Waals surface area contributed by atoms with Crippen LogP contribution >= 0.6 is 0 Å². The van der Waals surface area contributed by atoms with Crippen LogP contribution < -0.4 is 11.3 Å². The molecule has 0 fully saturated rings. The van der Waals surface area contributed by atoms with Crippen LogP contribution in [0.2, 0.25) is 0 Å². The fourth-order valence-electron chi connectivity index (χ4n) is 0.515. The van der Waals surface area contributed by atoms with Gasteiger partial charge in [-0.05, 0) is 0 Å². The van der Waals surface area contributed by atoms with Gasteiger partial charge < -0.3 is 10.7 Å². The van der Waals surface area contributed by atoms with Crippen molar-refractivity contribution >= 4 is 0 Å². The maximum absolute atomic E-state index is 10.5. The zero-order valence-corrected chi connectivity index (χ0v) is 4.79. The van der Waals surface area contributed by atoms with E-state index in [2.05, 4.69) is 9.97 Å². The van der Waals surface area contributed by atoms with E-state index in [1.807, 2.05) is 0 Å². The molecule has 1 aromatic rings. The summed E-state index contributed by atoms with van der Waals surface area (Å²) in [6.07, 6.45) is 1.43. The molecule has 1 aromatic heterocycles. The fraction of sp³-hybridized carbons (Fsp3) is 0.200. The number of aromatic amines is 1. The summed E-state index contributed by atoms with van der Waals surface area (Å²) < 4.78 is 0. The molecule has 0 aliphatic heterocycles. The van der Waals surface area contributed by atoms with E-state index < -0.39 is 0 Å². The van der Waals surface area contributed by atoms with Gasteiger partial charge in [0.2, 0.25) is 0 Å². The summed E-state index contributed by atoms with van der Waals surface area (Å²) in [6, 6.07) is 1.35. The Hall–Kier alpha value is -1.16. The van der Waals surface area contributed by atoms with Crippen LogP contribution in [-0.4, -0.2) is 9.97 Å². The maximum atomic E-state index is 10.5. The number of aromatic nitrogens is 2. The highest BCUT2D eigenvalue weighted by molar-refractivity contribution is 4.87. The van der Waals surface area contributed by atoms with Gasteiger partial charge in [-0.3, -0.25) is 4.79 Å². The van der Waals surface area contributed by atoms with Crippen molar-refractivity contribution in [3.63, 3.8) is 0 Å². The standard InChI is InChI=1S/C5H7N3O/c6-3-4-7-2-1-5(9)8-4/h1-2H,3,6H2,(H,7,8,9). The van der Waals surface area contributed by atoms with E-state index in [-0.39, 0.29) is 12.1 Å². The van der Waals surface area contributed by atoms with Crippen LogP contribution in [0.5, 0.6) is 0 Å². The Kier molecular flexibility index (Phi) is 1.60. The normalized spacial score (nSPS) is 9.44. The Morgan fingerprint density at radius 1 is 1.78 bits per heavy atom. The van der Waals surface area contributed by atoms with E-state index in [9.17, 15) is 4.79 Å². The average Bonchev–Trinajstić information content (AvgIpc) is 1.88. The molecule has 0 bridgehead atoms. The molecule has 0 spiro atoms. The third-order valence-corrected chi connectivity index (χ3v) is 0.917. The number of nitrogens with two attached hydrogens (primary N) is 1. The van der Waals surface area contributed by atoms with Gasteiger partial charge in [0.15, 0.2) is 0 Å².